The van der Waals surface area contributed by atoms with E-state index in [1.807, 2.05) is 23.6 Å². The summed E-state index contributed by atoms with van der Waals surface area (Å²) in [7, 11) is 0. The molecule has 0 aliphatic heterocycles. The number of likely N-dealkylation sites (N-methyl/N-ethyl adjacent to an activating group) is 1. The van der Waals surface area contributed by atoms with Crippen LogP contribution < -0.4 is 0 Å². The quantitative estimate of drug-likeness (QED) is 0.889. The third kappa shape index (κ3) is 2.18. The second-order valence-electron chi connectivity index (χ2n) is 3.76. The topological polar surface area (TPSA) is 57.8 Å². The molecule has 5 nitrogen and oxygen atoms in total. The van der Waals surface area contributed by atoms with Crippen molar-refractivity contribution in [2.75, 3.05) is 19.7 Å². The van der Waals surface area contributed by atoms with Crippen LogP contribution in [0, 0.1) is 6.92 Å². The van der Waals surface area contributed by atoms with Crippen molar-refractivity contribution in [3.05, 3.63) is 23.0 Å². The molecular weight excluding hydrogens is 238 g/mol. The predicted octanol–water partition coefficient (Wildman–Crippen LogP) is 1.16. The Bertz CT molecular complexity index is 532. The van der Waals surface area contributed by atoms with Gasteiger partial charge in [-0.25, -0.2) is 4.98 Å². The number of carbonyl (C=O) groups is 1. The zero-order valence-electron chi connectivity index (χ0n) is 9.88. The monoisotopic (exact) mass is 253 g/mol. The lowest BCUT2D eigenvalue weighted by Gasteiger charge is -2.17. The van der Waals surface area contributed by atoms with Crippen LogP contribution in [0.25, 0.3) is 4.96 Å². The Hall–Kier alpha value is -1.40. The van der Waals surface area contributed by atoms with Gasteiger partial charge in [0.05, 0.1) is 6.61 Å². The molecule has 0 aromatic carbocycles. The molecule has 0 saturated carbocycles. The minimum Gasteiger partial charge on any atom is -0.395 e. The molecule has 0 atom stereocenters. The number of aliphatic hydroxyl groups excluding tert-OH is 1. The summed E-state index contributed by atoms with van der Waals surface area (Å²) in [5.41, 5.74) is 1.51. The number of amides is 1. The molecule has 0 aliphatic carbocycles. The molecule has 1 amide bonds. The summed E-state index contributed by atoms with van der Waals surface area (Å²) >= 11 is 1.52. The molecule has 6 heteroatoms. The van der Waals surface area contributed by atoms with Crippen LogP contribution in [0.1, 0.15) is 23.1 Å². The molecule has 2 aromatic rings. The Morgan fingerprint density at radius 3 is 3.00 bits per heavy atom. The van der Waals surface area contributed by atoms with E-state index in [0.29, 0.717) is 18.8 Å². The Kier molecular flexibility index (Phi) is 3.44. The molecule has 0 aliphatic rings. The van der Waals surface area contributed by atoms with E-state index in [9.17, 15) is 4.79 Å². The van der Waals surface area contributed by atoms with Crippen molar-refractivity contribution in [2.24, 2.45) is 0 Å². The van der Waals surface area contributed by atoms with Crippen LogP contribution in [-0.4, -0.2) is 45.0 Å². The molecule has 0 fully saturated rings. The predicted molar refractivity (Wildman–Crippen MR) is 66.5 cm³/mol. The van der Waals surface area contributed by atoms with E-state index in [1.165, 1.54) is 11.3 Å². The number of imidazole rings is 1. The molecular formula is C11H15N3O2S. The summed E-state index contributed by atoms with van der Waals surface area (Å²) in [4.78, 5) is 18.8. The minimum atomic E-state index is -0.128. The van der Waals surface area contributed by atoms with Gasteiger partial charge in [-0.05, 0) is 13.8 Å². The van der Waals surface area contributed by atoms with Gasteiger partial charge in [0.1, 0.15) is 5.69 Å². The molecule has 2 aromatic heterocycles. The first kappa shape index (κ1) is 12.1. The molecule has 0 saturated heterocycles. The van der Waals surface area contributed by atoms with Crippen molar-refractivity contribution in [2.45, 2.75) is 13.8 Å². The number of aryl methyl sites for hydroxylation is 1. The molecule has 17 heavy (non-hydrogen) atoms. The van der Waals surface area contributed by atoms with Crippen LogP contribution in [0.4, 0.5) is 0 Å². The van der Waals surface area contributed by atoms with Crippen molar-refractivity contribution in [3.8, 4) is 0 Å². The second kappa shape index (κ2) is 4.85. The lowest BCUT2D eigenvalue weighted by Crippen LogP contribution is -2.33. The summed E-state index contributed by atoms with van der Waals surface area (Å²) in [6.45, 7) is 4.76. The molecule has 0 radical (unpaired) electrons. The smallest absolute Gasteiger partial charge is 0.274 e. The number of fused-ring (bicyclic) bond motifs is 1. The Labute approximate surface area is 103 Å². The Morgan fingerprint density at radius 1 is 1.65 bits per heavy atom. The van der Waals surface area contributed by atoms with Gasteiger partial charge in [0.2, 0.25) is 0 Å². The average molecular weight is 253 g/mol. The van der Waals surface area contributed by atoms with Crippen LogP contribution >= 0.6 is 11.3 Å². The van der Waals surface area contributed by atoms with Gasteiger partial charge in [-0.1, -0.05) is 0 Å². The van der Waals surface area contributed by atoms with Crippen molar-refractivity contribution >= 4 is 22.2 Å². The first-order chi connectivity index (χ1) is 8.17. The third-order valence-corrected chi connectivity index (χ3v) is 3.60. The van der Waals surface area contributed by atoms with E-state index in [1.54, 1.807) is 11.1 Å². The fraction of sp³-hybridized carbons (Fsp3) is 0.455. The highest BCUT2D eigenvalue weighted by Crippen LogP contribution is 2.16. The molecule has 1 N–H and O–H groups in total. The Balaban J connectivity index is 2.29. The van der Waals surface area contributed by atoms with E-state index in [-0.39, 0.29) is 12.5 Å². The number of nitrogens with zero attached hydrogens (tertiary/aromatic N) is 3. The van der Waals surface area contributed by atoms with Crippen molar-refractivity contribution in [3.63, 3.8) is 0 Å². The lowest BCUT2D eigenvalue weighted by atomic mass is 10.3. The third-order valence-electron chi connectivity index (χ3n) is 2.65. The number of thiazole rings is 1. The van der Waals surface area contributed by atoms with Gasteiger partial charge in [0.25, 0.3) is 5.91 Å². The lowest BCUT2D eigenvalue weighted by molar-refractivity contribution is 0.0727. The van der Waals surface area contributed by atoms with Gasteiger partial charge in [-0.2, -0.15) is 0 Å². The normalized spacial score (nSPS) is 11.0. The van der Waals surface area contributed by atoms with E-state index in [2.05, 4.69) is 4.98 Å². The maximum Gasteiger partial charge on any atom is 0.274 e. The van der Waals surface area contributed by atoms with Crippen molar-refractivity contribution in [1.29, 1.82) is 0 Å². The van der Waals surface area contributed by atoms with Gasteiger partial charge in [0, 0.05) is 30.4 Å². The van der Waals surface area contributed by atoms with E-state index in [4.69, 9.17) is 5.11 Å². The molecule has 2 rings (SSSR count). The summed E-state index contributed by atoms with van der Waals surface area (Å²) in [6.07, 6.45) is 1.75. The van der Waals surface area contributed by atoms with Crippen LogP contribution in [0.3, 0.4) is 0 Å². The number of hydrogen-bond acceptors (Lipinski definition) is 4. The summed E-state index contributed by atoms with van der Waals surface area (Å²) in [5, 5.41) is 10.9. The maximum atomic E-state index is 12.1. The largest absolute Gasteiger partial charge is 0.395 e. The highest BCUT2D eigenvalue weighted by molar-refractivity contribution is 7.15. The second-order valence-corrected chi connectivity index (χ2v) is 4.60. The van der Waals surface area contributed by atoms with Gasteiger partial charge >= 0.3 is 0 Å². The van der Waals surface area contributed by atoms with Crippen LogP contribution in [0.15, 0.2) is 11.6 Å². The summed E-state index contributed by atoms with van der Waals surface area (Å²) < 4.78 is 1.91. The summed E-state index contributed by atoms with van der Waals surface area (Å²) in [6, 6.07) is 0. The number of hydrogen-bond donors (Lipinski definition) is 1. The van der Waals surface area contributed by atoms with Crippen LogP contribution in [-0.2, 0) is 0 Å². The van der Waals surface area contributed by atoms with Gasteiger partial charge in [-0.15, -0.1) is 11.3 Å². The molecule has 0 unspecified atom stereocenters. The zero-order chi connectivity index (χ0) is 12.4. The maximum absolute atomic E-state index is 12.1. The van der Waals surface area contributed by atoms with Crippen molar-refractivity contribution in [1.82, 2.24) is 14.3 Å². The first-order valence-corrected chi connectivity index (χ1v) is 6.38. The van der Waals surface area contributed by atoms with Gasteiger partial charge < -0.3 is 10.0 Å². The van der Waals surface area contributed by atoms with Gasteiger partial charge in [0.15, 0.2) is 4.96 Å². The average Bonchev–Trinajstić information content (AvgIpc) is 2.88. The minimum absolute atomic E-state index is 0.0270. The highest BCUT2D eigenvalue weighted by Gasteiger charge is 2.17. The van der Waals surface area contributed by atoms with Crippen LogP contribution in [0.2, 0.25) is 0 Å². The number of aliphatic hydroxyl groups is 1. The fourth-order valence-electron chi connectivity index (χ4n) is 1.68. The van der Waals surface area contributed by atoms with E-state index in [0.717, 1.165) is 10.7 Å². The zero-order valence-corrected chi connectivity index (χ0v) is 10.7. The summed E-state index contributed by atoms with van der Waals surface area (Å²) in [5.74, 6) is -0.128. The number of carbonyl (C=O) groups excluding carboxylic acids is 1. The highest BCUT2D eigenvalue weighted by atomic mass is 32.1. The van der Waals surface area contributed by atoms with E-state index >= 15 is 0 Å². The van der Waals surface area contributed by atoms with Crippen molar-refractivity contribution < 1.29 is 9.90 Å². The SMILES string of the molecule is CCN(CCO)C(=O)c1cn2c(C)csc2n1. The molecule has 0 spiro atoms. The van der Waals surface area contributed by atoms with Crippen LogP contribution in [0.5, 0.6) is 0 Å². The van der Waals surface area contributed by atoms with E-state index < -0.39 is 0 Å². The number of rotatable bonds is 4. The molecule has 92 valence electrons. The standard InChI is InChI=1S/C11H15N3O2S/c1-3-13(4-5-15)10(16)9-6-14-8(2)7-17-11(14)12-9/h6-7,15H,3-5H2,1-2H3. The first-order valence-electron chi connectivity index (χ1n) is 5.50. The van der Waals surface area contributed by atoms with Gasteiger partial charge in [-0.3, -0.25) is 9.20 Å². The number of aromatic nitrogens is 2. The fourth-order valence-corrected chi connectivity index (χ4v) is 2.53. The Morgan fingerprint density at radius 2 is 2.41 bits per heavy atom. The molecule has 2 heterocycles. The molecule has 0 bridgehead atoms.